The topological polar surface area (TPSA) is 46.3 Å². The maximum absolute atomic E-state index is 11.5. The number of carbonyl (C=O) groups is 1. The van der Waals surface area contributed by atoms with Crippen molar-refractivity contribution in [1.29, 1.82) is 0 Å². The lowest BCUT2D eigenvalue weighted by Crippen LogP contribution is -2.52. The molecule has 1 amide bonds. The predicted octanol–water partition coefficient (Wildman–Crippen LogP) is 0.736. The fourth-order valence-electron chi connectivity index (χ4n) is 2.48. The molecule has 1 aliphatic heterocycles. The number of hydrogen-bond donors (Lipinski definition) is 1. The molecule has 0 aromatic heterocycles. The third-order valence-corrected chi connectivity index (χ3v) is 3.60. The van der Waals surface area contributed by atoms with Gasteiger partial charge in [-0.1, -0.05) is 12.8 Å². The van der Waals surface area contributed by atoms with E-state index in [4.69, 9.17) is 5.73 Å². The average molecular weight is 182 g/mol. The second kappa shape index (κ2) is 2.98. The minimum atomic E-state index is -0.291. The Morgan fingerprint density at radius 3 is 2.69 bits per heavy atom. The van der Waals surface area contributed by atoms with Gasteiger partial charge in [0.25, 0.3) is 0 Å². The molecule has 74 valence electrons. The molecule has 1 aliphatic carbocycles. The zero-order chi connectivity index (χ0) is 9.47. The molecule has 3 nitrogen and oxygen atoms in total. The van der Waals surface area contributed by atoms with Crippen LogP contribution in [0.4, 0.5) is 0 Å². The van der Waals surface area contributed by atoms with Crippen LogP contribution in [0, 0.1) is 5.92 Å². The van der Waals surface area contributed by atoms with Crippen molar-refractivity contribution in [2.75, 3.05) is 13.6 Å². The zero-order valence-electron chi connectivity index (χ0n) is 8.25. The summed E-state index contributed by atoms with van der Waals surface area (Å²) in [6.07, 6.45) is 5.67. The molecule has 0 spiro atoms. The third-order valence-electron chi connectivity index (χ3n) is 3.60. The maximum Gasteiger partial charge on any atom is 0.237 e. The lowest BCUT2D eigenvalue weighted by atomic mass is 9.89. The summed E-state index contributed by atoms with van der Waals surface area (Å²) in [5, 5.41) is 0. The highest BCUT2D eigenvalue weighted by Gasteiger charge is 2.47. The molecule has 1 heterocycles. The van der Waals surface area contributed by atoms with Crippen molar-refractivity contribution in [2.24, 2.45) is 11.7 Å². The molecule has 2 rings (SSSR count). The molecule has 2 aliphatic rings. The van der Waals surface area contributed by atoms with Crippen LogP contribution >= 0.6 is 0 Å². The summed E-state index contributed by atoms with van der Waals surface area (Å²) in [6.45, 7) is 1.02. The van der Waals surface area contributed by atoms with Gasteiger partial charge in [0.15, 0.2) is 0 Å². The second-order valence-corrected chi connectivity index (χ2v) is 4.57. The van der Waals surface area contributed by atoms with Crippen molar-refractivity contribution >= 4 is 5.91 Å². The van der Waals surface area contributed by atoms with Crippen LogP contribution in [0.1, 0.15) is 32.1 Å². The van der Waals surface area contributed by atoms with E-state index in [0.29, 0.717) is 0 Å². The molecule has 0 unspecified atom stereocenters. The van der Waals surface area contributed by atoms with Crippen LogP contribution in [0.2, 0.25) is 0 Å². The number of likely N-dealkylation sites (tertiary alicyclic amines) is 1. The van der Waals surface area contributed by atoms with Crippen molar-refractivity contribution in [3.05, 3.63) is 0 Å². The van der Waals surface area contributed by atoms with E-state index in [1.54, 1.807) is 0 Å². The number of amides is 1. The Bertz CT molecular complexity index is 225. The van der Waals surface area contributed by atoms with Crippen LogP contribution in [0.5, 0.6) is 0 Å². The van der Waals surface area contributed by atoms with E-state index >= 15 is 0 Å². The number of carbonyl (C=O) groups excluding carboxylic acids is 1. The Hall–Kier alpha value is -0.570. The molecular formula is C10H18N2O. The van der Waals surface area contributed by atoms with Gasteiger partial charge in [-0.2, -0.15) is 0 Å². The van der Waals surface area contributed by atoms with E-state index in [1.807, 2.05) is 7.05 Å². The number of hydrogen-bond acceptors (Lipinski definition) is 2. The minimum absolute atomic E-state index is 0.112. The van der Waals surface area contributed by atoms with Crippen LogP contribution in [0.15, 0.2) is 0 Å². The Morgan fingerprint density at radius 1 is 1.62 bits per heavy atom. The van der Waals surface area contributed by atoms with E-state index in [0.717, 1.165) is 31.7 Å². The summed E-state index contributed by atoms with van der Waals surface area (Å²) in [7, 11) is 2.03. The minimum Gasteiger partial charge on any atom is -0.368 e. The summed E-state index contributed by atoms with van der Waals surface area (Å²) >= 11 is 0. The number of likely N-dealkylation sites (N-methyl/N-ethyl adjacent to an activating group) is 1. The predicted molar refractivity (Wildman–Crippen MR) is 51.1 cm³/mol. The number of nitrogens with two attached hydrogens (primary N) is 1. The molecule has 3 heteroatoms. The van der Waals surface area contributed by atoms with Gasteiger partial charge in [0, 0.05) is 0 Å². The highest BCUT2D eigenvalue weighted by atomic mass is 16.1. The standard InChI is InChI=1S/C10H18N2O/c1-12-6-2-5-10(12,9(11)13)7-8-3-4-8/h8H,2-7H2,1H3,(H2,11,13)/t10-/m1/s1. The highest BCUT2D eigenvalue weighted by molar-refractivity contribution is 5.85. The van der Waals surface area contributed by atoms with Crippen molar-refractivity contribution in [3.8, 4) is 0 Å². The van der Waals surface area contributed by atoms with Crippen LogP contribution < -0.4 is 5.73 Å². The summed E-state index contributed by atoms with van der Waals surface area (Å²) in [5.74, 6) is 0.660. The quantitative estimate of drug-likeness (QED) is 0.699. The molecule has 1 atom stereocenters. The molecule has 2 fully saturated rings. The molecule has 0 radical (unpaired) electrons. The first-order chi connectivity index (χ1) is 6.15. The number of rotatable bonds is 3. The molecule has 1 saturated heterocycles. The van der Waals surface area contributed by atoms with Crippen LogP contribution in [-0.2, 0) is 4.79 Å². The van der Waals surface area contributed by atoms with E-state index < -0.39 is 0 Å². The lowest BCUT2D eigenvalue weighted by Gasteiger charge is -2.33. The van der Waals surface area contributed by atoms with Gasteiger partial charge in [-0.15, -0.1) is 0 Å². The van der Waals surface area contributed by atoms with Crippen molar-refractivity contribution in [3.63, 3.8) is 0 Å². The molecule has 0 aromatic rings. The van der Waals surface area contributed by atoms with Crippen LogP contribution in [0.3, 0.4) is 0 Å². The molecule has 2 N–H and O–H groups in total. The number of primary amides is 1. The maximum atomic E-state index is 11.5. The SMILES string of the molecule is CN1CCC[C@@]1(CC1CC1)C(N)=O. The Kier molecular flexibility index (Phi) is 2.06. The van der Waals surface area contributed by atoms with E-state index in [9.17, 15) is 4.79 Å². The lowest BCUT2D eigenvalue weighted by molar-refractivity contribution is -0.128. The fourth-order valence-corrected chi connectivity index (χ4v) is 2.48. The summed E-state index contributed by atoms with van der Waals surface area (Å²) in [5.41, 5.74) is 5.23. The van der Waals surface area contributed by atoms with Crippen LogP contribution in [-0.4, -0.2) is 29.9 Å². The summed E-state index contributed by atoms with van der Waals surface area (Å²) in [6, 6.07) is 0. The molecule has 1 saturated carbocycles. The van der Waals surface area contributed by atoms with Crippen molar-refractivity contribution in [2.45, 2.75) is 37.6 Å². The first-order valence-electron chi connectivity index (χ1n) is 5.16. The zero-order valence-corrected chi connectivity index (χ0v) is 8.25. The van der Waals surface area contributed by atoms with Gasteiger partial charge in [0.2, 0.25) is 5.91 Å². The Labute approximate surface area is 79.3 Å². The Morgan fingerprint density at radius 2 is 2.31 bits per heavy atom. The van der Waals surface area contributed by atoms with Gasteiger partial charge < -0.3 is 5.73 Å². The van der Waals surface area contributed by atoms with Gasteiger partial charge in [0.1, 0.15) is 5.54 Å². The highest BCUT2D eigenvalue weighted by Crippen LogP contribution is 2.42. The van der Waals surface area contributed by atoms with Gasteiger partial charge in [-0.25, -0.2) is 0 Å². The number of nitrogens with zero attached hydrogens (tertiary/aromatic N) is 1. The van der Waals surface area contributed by atoms with Gasteiger partial charge in [-0.05, 0) is 38.8 Å². The van der Waals surface area contributed by atoms with E-state index in [2.05, 4.69) is 4.90 Å². The average Bonchev–Trinajstić information content (AvgIpc) is 2.78. The first-order valence-corrected chi connectivity index (χ1v) is 5.16. The van der Waals surface area contributed by atoms with Gasteiger partial charge in [-0.3, -0.25) is 9.69 Å². The normalized spacial score (nSPS) is 35.2. The Balaban J connectivity index is 2.12. The van der Waals surface area contributed by atoms with E-state index in [-0.39, 0.29) is 11.4 Å². The van der Waals surface area contributed by atoms with Crippen molar-refractivity contribution < 1.29 is 4.79 Å². The molecule has 0 bridgehead atoms. The first kappa shape index (κ1) is 9.00. The monoisotopic (exact) mass is 182 g/mol. The smallest absolute Gasteiger partial charge is 0.237 e. The summed E-state index contributed by atoms with van der Waals surface area (Å²) in [4.78, 5) is 13.6. The summed E-state index contributed by atoms with van der Waals surface area (Å²) < 4.78 is 0. The van der Waals surface area contributed by atoms with Gasteiger partial charge >= 0.3 is 0 Å². The van der Waals surface area contributed by atoms with Crippen LogP contribution in [0.25, 0.3) is 0 Å². The molecule has 13 heavy (non-hydrogen) atoms. The van der Waals surface area contributed by atoms with Crippen molar-refractivity contribution in [1.82, 2.24) is 4.90 Å². The fraction of sp³-hybridized carbons (Fsp3) is 0.900. The molecular weight excluding hydrogens is 164 g/mol. The second-order valence-electron chi connectivity index (χ2n) is 4.57. The largest absolute Gasteiger partial charge is 0.368 e. The third kappa shape index (κ3) is 1.46. The van der Waals surface area contributed by atoms with E-state index in [1.165, 1.54) is 12.8 Å². The van der Waals surface area contributed by atoms with Gasteiger partial charge in [0.05, 0.1) is 0 Å². The molecule has 0 aromatic carbocycles.